The number of ether oxygens (including phenoxy) is 2. The van der Waals surface area contributed by atoms with Crippen molar-refractivity contribution in [1.82, 2.24) is 0 Å². The van der Waals surface area contributed by atoms with Gasteiger partial charge in [0.2, 0.25) is 0 Å². The molecule has 0 fully saturated rings. The van der Waals surface area contributed by atoms with Gasteiger partial charge in [-0.3, -0.25) is 5.32 Å². The highest BCUT2D eigenvalue weighted by molar-refractivity contribution is 5.87. The van der Waals surface area contributed by atoms with Crippen molar-refractivity contribution in [2.45, 2.75) is 32.8 Å². The third kappa shape index (κ3) is 2.90. The molecule has 92 valence electrons. The second kappa shape index (κ2) is 4.28. The van der Waals surface area contributed by atoms with Gasteiger partial charge < -0.3 is 9.47 Å². The molecular formula is C13H17NO3. The van der Waals surface area contributed by atoms with Crippen molar-refractivity contribution in [2.24, 2.45) is 0 Å². The van der Waals surface area contributed by atoms with Crippen LogP contribution in [0.3, 0.4) is 0 Å². The SMILES string of the molecule is CC(C)(C)OC(=O)Nc1cccc2c1OCC2. The van der Waals surface area contributed by atoms with Crippen LogP contribution < -0.4 is 10.1 Å². The highest BCUT2D eigenvalue weighted by atomic mass is 16.6. The molecule has 2 rings (SSSR count). The summed E-state index contributed by atoms with van der Waals surface area (Å²) >= 11 is 0. The summed E-state index contributed by atoms with van der Waals surface area (Å²) in [6.07, 6.45) is 0.431. The molecule has 0 aliphatic carbocycles. The van der Waals surface area contributed by atoms with Crippen LogP contribution in [-0.2, 0) is 11.2 Å². The third-order valence-corrected chi connectivity index (χ3v) is 2.35. The highest BCUT2D eigenvalue weighted by Gasteiger charge is 2.20. The lowest BCUT2D eigenvalue weighted by molar-refractivity contribution is 0.0635. The Balaban J connectivity index is 2.10. The number of nitrogens with one attached hydrogen (secondary N) is 1. The van der Waals surface area contributed by atoms with Crippen molar-refractivity contribution in [2.75, 3.05) is 11.9 Å². The zero-order valence-electron chi connectivity index (χ0n) is 10.4. The molecule has 4 nitrogen and oxygen atoms in total. The predicted octanol–water partition coefficient (Wildman–Crippen LogP) is 2.97. The summed E-state index contributed by atoms with van der Waals surface area (Å²) in [4.78, 5) is 11.6. The number of anilines is 1. The first kappa shape index (κ1) is 11.8. The van der Waals surface area contributed by atoms with Gasteiger partial charge in [-0.05, 0) is 32.4 Å². The lowest BCUT2D eigenvalue weighted by Crippen LogP contribution is -2.27. The summed E-state index contributed by atoms with van der Waals surface area (Å²) < 4.78 is 10.7. The molecule has 1 aliphatic heterocycles. The number of hydrogen-bond donors (Lipinski definition) is 1. The minimum absolute atomic E-state index is 0.457. The molecule has 0 atom stereocenters. The van der Waals surface area contributed by atoms with E-state index in [-0.39, 0.29) is 0 Å². The molecule has 1 N–H and O–H groups in total. The summed E-state index contributed by atoms with van der Waals surface area (Å²) in [5.74, 6) is 0.762. The van der Waals surface area contributed by atoms with Crippen LogP contribution in [0.1, 0.15) is 26.3 Å². The molecule has 1 aromatic rings. The van der Waals surface area contributed by atoms with Crippen LogP contribution >= 0.6 is 0 Å². The fourth-order valence-electron chi connectivity index (χ4n) is 1.73. The first-order valence-corrected chi connectivity index (χ1v) is 5.70. The molecule has 0 unspecified atom stereocenters. The number of benzene rings is 1. The molecule has 0 saturated carbocycles. The van der Waals surface area contributed by atoms with E-state index < -0.39 is 11.7 Å². The van der Waals surface area contributed by atoms with E-state index in [9.17, 15) is 4.79 Å². The molecule has 0 bridgehead atoms. The first-order chi connectivity index (χ1) is 7.96. The number of hydrogen-bond acceptors (Lipinski definition) is 3. The lowest BCUT2D eigenvalue weighted by Gasteiger charge is -2.20. The van der Waals surface area contributed by atoms with E-state index in [1.807, 2.05) is 39.0 Å². The summed E-state index contributed by atoms with van der Waals surface area (Å²) in [6, 6.07) is 5.72. The smallest absolute Gasteiger partial charge is 0.412 e. The summed E-state index contributed by atoms with van der Waals surface area (Å²) in [5, 5.41) is 2.71. The van der Waals surface area contributed by atoms with Crippen LogP contribution in [0.5, 0.6) is 5.75 Å². The monoisotopic (exact) mass is 235 g/mol. The highest BCUT2D eigenvalue weighted by Crippen LogP contribution is 2.33. The molecule has 1 amide bonds. The summed E-state index contributed by atoms with van der Waals surface area (Å²) in [6.45, 7) is 6.16. The molecule has 0 saturated heterocycles. The molecule has 17 heavy (non-hydrogen) atoms. The third-order valence-electron chi connectivity index (χ3n) is 2.35. The van der Waals surface area contributed by atoms with Gasteiger partial charge in [0, 0.05) is 6.42 Å². The number of amides is 1. The van der Waals surface area contributed by atoms with E-state index in [0.29, 0.717) is 12.3 Å². The minimum Gasteiger partial charge on any atom is -0.491 e. The number of para-hydroxylation sites is 1. The van der Waals surface area contributed by atoms with Crippen LogP contribution in [0.4, 0.5) is 10.5 Å². The van der Waals surface area contributed by atoms with E-state index in [0.717, 1.165) is 17.7 Å². The summed E-state index contributed by atoms with van der Waals surface area (Å²) in [5.41, 5.74) is 1.30. The van der Waals surface area contributed by atoms with E-state index >= 15 is 0 Å². The maximum atomic E-state index is 11.6. The van der Waals surface area contributed by atoms with Crippen molar-refractivity contribution < 1.29 is 14.3 Å². The Hall–Kier alpha value is -1.71. The molecule has 1 aliphatic rings. The Labute approximate surface area is 101 Å². The van der Waals surface area contributed by atoms with Gasteiger partial charge in [0.1, 0.15) is 11.4 Å². The van der Waals surface area contributed by atoms with E-state index in [4.69, 9.17) is 9.47 Å². The van der Waals surface area contributed by atoms with Crippen LogP contribution in [0, 0.1) is 0 Å². The topological polar surface area (TPSA) is 47.6 Å². The second-order valence-electron chi connectivity index (χ2n) is 5.02. The van der Waals surface area contributed by atoms with Gasteiger partial charge in [-0.1, -0.05) is 12.1 Å². The van der Waals surface area contributed by atoms with Crippen LogP contribution in [0.25, 0.3) is 0 Å². The Kier molecular flexibility index (Phi) is 2.96. The zero-order valence-corrected chi connectivity index (χ0v) is 10.4. The molecule has 0 aromatic heterocycles. The van der Waals surface area contributed by atoms with Crippen LogP contribution in [0.15, 0.2) is 18.2 Å². The Bertz CT molecular complexity index is 435. The quantitative estimate of drug-likeness (QED) is 0.814. The van der Waals surface area contributed by atoms with Crippen LogP contribution in [0.2, 0.25) is 0 Å². The van der Waals surface area contributed by atoms with Gasteiger partial charge in [0.05, 0.1) is 12.3 Å². The van der Waals surface area contributed by atoms with Crippen LogP contribution in [-0.4, -0.2) is 18.3 Å². The minimum atomic E-state index is -0.497. The zero-order chi connectivity index (χ0) is 12.5. The number of carbonyl (C=O) groups is 1. The van der Waals surface area contributed by atoms with Crippen molar-refractivity contribution >= 4 is 11.8 Å². The van der Waals surface area contributed by atoms with Crippen molar-refractivity contribution in [3.05, 3.63) is 23.8 Å². The van der Waals surface area contributed by atoms with Gasteiger partial charge in [-0.15, -0.1) is 0 Å². The van der Waals surface area contributed by atoms with Crippen molar-refractivity contribution in [1.29, 1.82) is 0 Å². The van der Waals surface area contributed by atoms with Gasteiger partial charge in [0.25, 0.3) is 0 Å². The second-order valence-corrected chi connectivity index (χ2v) is 5.02. The standard InChI is InChI=1S/C13H17NO3/c1-13(2,3)17-12(15)14-10-6-4-5-9-7-8-16-11(9)10/h4-6H,7-8H2,1-3H3,(H,14,15). The molecule has 1 aromatic carbocycles. The number of rotatable bonds is 1. The summed E-state index contributed by atoms with van der Waals surface area (Å²) in [7, 11) is 0. The van der Waals surface area contributed by atoms with Gasteiger partial charge >= 0.3 is 6.09 Å². The van der Waals surface area contributed by atoms with Crippen molar-refractivity contribution in [3.63, 3.8) is 0 Å². The van der Waals surface area contributed by atoms with E-state index in [1.165, 1.54) is 0 Å². The fraction of sp³-hybridized carbons (Fsp3) is 0.462. The Morgan fingerprint density at radius 1 is 1.41 bits per heavy atom. The number of fused-ring (bicyclic) bond motifs is 1. The lowest BCUT2D eigenvalue weighted by atomic mass is 10.1. The first-order valence-electron chi connectivity index (χ1n) is 5.70. The van der Waals surface area contributed by atoms with Gasteiger partial charge in [0.15, 0.2) is 0 Å². The molecule has 4 heteroatoms. The maximum absolute atomic E-state index is 11.6. The van der Waals surface area contributed by atoms with Gasteiger partial charge in [-0.25, -0.2) is 4.79 Å². The number of carbonyl (C=O) groups excluding carboxylic acids is 1. The predicted molar refractivity (Wildman–Crippen MR) is 65.5 cm³/mol. The van der Waals surface area contributed by atoms with E-state index in [1.54, 1.807) is 0 Å². The van der Waals surface area contributed by atoms with Gasteiger partial charge in [-0.2, -0.15) is 0 Å². The molecule has 0 spiro atoms. The van der Waals surface area contributed by atoms with E-state index in [2.05, 4.69) is 5.32 Å². The fourth-order valence-corrected chi connectivity index (χ4v) is 1.73. The molecule has 0 radical (unpaired) electrons. The normalized spacial score (nSPS) is 13.8. The largest absolute Gasteiger partial charge is 0.491 e. The average Bonchev–Trinajstić information content (AvgIpc) is 2.63. The van der Waals surface area contributed by atoms with Crippen molar-refractivity contribution in [3.8, 4) is 5.75 Å². The molecular weight excluding hydrogens is 218 g/mol. The Morgan fingerprint density at radius 2 is 2.18 bits per heavy atom. The maximum Gasteiger partial charge on any atom is 0.412 e. The molecule has 1 heterocycles. The Morgan fingerprint density at radius 3 is 2.88 bits per heavy atom. The average molecular weight is 235 g/mol.